The van der Waals surface area contributed by atoms with Gasteiger partial charge in [0.1, 0.15) is 11.9 Å². The predicted octanol–water partition coefficient (Wildman–Crippen LogP) is 3.70. The average Bonchev–Trinajstić information content (AvgIpc) is 3.02. The van der Waals surface area contributed by atoms with Crippen LogP contribution in [0.25, 0.3) is 0 Å². The normalized spacial score (nSPS) is 19.3. The van der Waals surface area contributed by atoms with Crippen LogP contribution in [0, 0.1) is 24.6 Å². The first-order valence-electron chi connectivity index (χ1n) is 15.7. The molecule has 2 aromatic carbocycles. The third-order valence-corrected chi connectivity index (χ3v) is 7.96. The number of rotatable bonds is 11. The fourth-order valence-corrected chi connectivity index (χ4v) is 5.24. The maximum absolute atomic E-state index is 14.5. The van der Waals surface area contributed by atoms with Crippen LogP contribution in [-0.2, 0) is 36.8 Å². The Morgan fingerprint density at radius 2 is 1.74 bits per heavy atom. The van der Waals surface area contributed by atoms with Crippen molar-refractivity contribution in [2.45, 2.75) is 77.4 Å². The van der Waals surface area contributed by atoms with E-state index in [-0.39, 0.29) is 36.9 Å². The van der Waals surface area contributed by atoms with E-state index < -0.39 is 47.8 Å². The van der Waals surface area contributed by atoms with Crippen LogP contribution in [0.15, 0.2) is 60.7 Å². The van der Waals surface area contributed by atoms with Gasteiger partial charge < -0.3 is 26.0 Å². The van der Waals surface area contributed by atoms with Gasteiger partial charge in [0, 0.05) is 25.0 Å². The lowest BCUT2D eigenvalue weighted by Gasteiger charge is -2.25. The molecule has 10 nitrogen and oxygen atoms in total. The number of nitrogens with one attached hydrogen (secondary N) is 4. The third kappa shape index (κ3) is 11.4. The standard InChI is InChI=1S/C35H45FN4O6/c1-22(2)32(34(44)46-4)40-35(45)39-29(19-24-14-12-23(3)13-15-24)30(41)21-26-10-7-8-18-37-31(42)17-16-27(38-33(26)43)20-25-9-5-6-11-28(25)36/h5-6,9,11-17,22,26-27,29,32H,7-8,10,18-21H2,1-4H3,(H,37,42)(H,38,43)(H2,39,40,45)/b17-16+/t26-,27-,29+,32+/m1/s1. The van der Waals surface area contributed by atoms with E-state index in [4.69, 9.17) is 4.74 Å². The summed E-state index contributed by atoms with van der Waals surface area (Å²) in [4.78, 5) is 65.1. The molecule has 46 heavy (non-hydrogen) atoms. The lowest BCUT2D eigenvalue weighted by Crippen LogP contribution is -2.53. The SMILES string of the molecule is COC(=O)[C@@H](NC(=O)N[C@@H](Cc1ccc(C)cc1)C(=O)C[C@H]1CCCCNC(=O)/C=C/[C@H](Cc2ccccc2F)NC1=O)C(C)C. The number of halogens is 1. The van der Waals surface area contributed by atoms with Crippen LogP contribution in [0.4, 0.5) is 9.18 Å². The summed E-state index contributed by atoms with van der Waals surface area (Å²) in [6, 6.07) is 10.5. The minimum atomic E-state index is -0.990. The van der Waals surface area contributed by atoms with Crippen molar-refractivity contribution >= 4 is 29.6 Å². The van der Waals surface area contributed by atoms with E-state index >= 15 is 0 Å². The van der Waals surface area contributed by atoms with Gasteiger partial charge in [-0.3, -0.25) is 14.4 Å². The Bertz CT molecular complexity index is 1390. The quantitative estimate of drug-likeness (QED) is 0.277. The van der Waals surface area contributed by atoms with E-state index in [1.54, 1.807) is 32.0 Å². The molecule has 0 saturated heterocycles. The van der Waals surface area contributed by atoms with Crippen LogP contribution in [0.1, 0.15) is 56.2 Å². The highest BCUT2D eigenvalue weighted by atomic mass is 19.1. The van der Waals surface area contributed by atoms with Crippen LogP contribution in [0.2, 0.25) is 0 Å². The number of hydrogen-bond donors (Lipinski definition) is 4. The van der Waals surface area contributed by atoms with Gasteiger partial charge in [-0.15, -0.1) is 0 Å². The molecular formula is C35H45FN4O6. The molecule has 0 aromatic heterocycles. The van der Waals surface area contributed by atoms with E-state index in [0.717, 1.165) is 11.1 Å². The smallest absolute Gasteiger partial charge is 0.328 e. The maximum atomic E-state index is 14.5. The number of hydrogen-bond acceptors (Lipinski definition) is 6. The first-order valence-corrected chi connectivity index (χ1v) is 15.7. The highest BCUT2D eigenvalue weighted by Crippen LogP contribution is 2.19. The Kier molecular flexibility index (Phi) is 13.9. The molecule has 0 saturated carbocycles. The molecule has 248 valence electrons. The highest BCUT2D eigenvalue weighted by Gasteiger charge is 2.31. The zero-order valence-electron chi connectivity index (χ0n) is 26.9. The second-order valence-corrected chi connectivity index (χ2v) is 12.0. The number of carbonyl (C=O) groups is 5. The van der Waals surface area contributed by atoms with Crippen molar-refractivity contribution < 1.29 is 33.1 Å². The lowest BCUT2D eigenvalue weighted by atomic mass is 9.90. The van der Waals surface area contributed by atoms with Crippen LogP contribution in [-0.4, -0.2) is 61.4 Å². The largest absolute Gasteiger partial charge is 0.467 e. The fourth-order valence-electron chi connectivity index (χ4n) is 5.24. The van der Waals surface area contributed by atoms with Crippen LogP contribution in [0.3, 0.4) is 0 Å². The van der Waals surface area contributed by atoms with E-state index in [2.05, 4.69) is 21.3 Å². The number of carbonyl (C=O) groups excluding carboxylic acids is 5. The summed E-state index contributed by atoms with van der Waals surface area (Å²) in [6.07, 6.45) is 4.52. The minimum Gasteiger partial charge on any atom is -0.467 e. The number of Topliss-reactive ketones (excluding diaryl/α,β-unsaturated/α-hetero) is 1. The minimum absolute atomic E-state index is 0.109. The van der Waals surface area contributed by atoms with Gasteiger partial charge in [0.05, 0.1) is 19.2 Å². The van der Waals surface area contributed by atoms with Gasteiger partial charge in [0.15, 0.2) is 5.78 Å². The number of methoxy groups -OCH3 is 1. The summed E-state index contributed by atoms with van der Waals surface area (Å²) in [6.45, 7) is 5.87. The first-order chi connectivity index (χ1) is 22.0. The Morgan fingerprint density at radius 3 is 2.41 bits per heavy atom. The molecule has 0 bridgehead atoms. The van der Waals surface area contributed by atoms with Gasteiger partial charge in [-0.2, -0.15) is 0 Å². The number of urea groups is 1. The molecule has 2 aromatic rings. The number of benzene rings is 2. The van der Waals surface area contributed by atoms with Crippen molar-refractivity contribution in [2.24, 2.45) is 11.8 Å². The monoisotopic (exact) mass is 636 g/mol. The van der Waals surface area contributed by atoms with Gasteiger partial charge >= 0.3 is 12.0 Å². The molecule has 1 heterocycles. The number of ether oxygens (including phenoxy) is 1. The summed E-state index contributed by atoms with van der Waals surface area (Å²) < 4.78 is 19.3. The molecule has 0 fully saturated rings. The molecule has 1 aliphatic heterocycles. The van der Waals surface area contributed by atoms with Crippen LogP contribution in [0.5, 0.6) is 0 Å². The van der Waals surface area contributed by atoms with E-state index in [1.807, 2.05) is 31.2 Å². The zero-order valence-corrected chi connectivity index (χ0v) is 26.9. The number of aryl methyl sites for hydroxylation is 1. The third-order valence-electron chi connectivity index (χ3n) is 7.96. The second-order valence-electron chi connectivity index (χ2n) is 12.0. The number of amides is 4. The first kappa shape index (κ1) is 35.9. The van der Waals surface area contributed by atoms with Crippen LogP contribution >= 0.6 is 0 Å². The van der Waals surface area contributed by atoms with Gasteiger partial charge in [0.25, 0.3) is 0 Å². The molecule has 1 aliphatic rings. The molecule has 4 amide bonds. The lowest BCUT2D eigenvalue weighted by molar-refractivity contribution is -0.144. The zero-order chi connectivity index (χ0) is 33.6. The Labute approximate surface area is 269 Å². The molecule has 0 radical (unpaired) electrons. The van der Waals surface area contributed by atoms with Gasteiger partial charge in [-0.25, -0.2) is 14.0 Å². The second kappa shape index (κ2) is 17.8. The number of ketones is 1. The summed E-state index contributed by atoms with van der Waals surface area (Å²) in [5.74, 6) is -3.09. The molecule has 0 unspecified atom stereocenters. The van der Waals surface area contributed by atoms with E-state index in [9.17, 15) is 28.4 Å². The van der Waals surface area contributed by atoms with Crippen molar-refractivity contribution in [1.29, 1.82) is 0 Å². The Balaban J connectivity index is 1.83. The topological polar surface area (TPSA) is 143 Å². The van der Waals surface area contributed by atoms with E-state index in [0.29, 0.717) is 31.4 Å². The maximum Gasteiger partial charge on any atom is 0.328 e. The molecule has 0 spiro atoms. The van der Waals surface area contributed by atoms with Gasteiger partial charge in [0.2, 0.25) is 11.8 Å². The van der Waals surface area contributed by atoms with Crippen molar-refractivity contribution in [2.75, 3.05) is 13.7 Å². The van der Waals surface area contributed by atoms with E-state index in [1.165, 1.54) is 25.3 Å². The molecule has 4 N–H and O–H groups in total. The fraction of sp³-hybridized carbons (Fsp3) is 0.457. The Morgan fingerprint density at radius 1 is 1.02 bits per heavy atom. The van der Waals surface area contributed by atoms with Gasteiger partial charge in [-0.05, 0) is 55.7 Å². The number of esters is 1. The molecule has 11 heteroatoms. The van der Waals surface area contributed by atoms with Crippen LogP contribution < -0.4 is 21.3 Å². The van der Waals surface area contributed by atoms with Crippen molar-refractivity contribution in [3.63, 3.8) is 0 Å². The molecular weight excluding hydrogens is 591 g/mol. The van der Waals surface area contributed by atoms with Gasteiger partial charge in [-0.1, -0.05) is 74.4 Å². The average molecular weight is 637 g/mol. The summed E-state index contributed by atoms with van der Waals surface area (Å²) >= 11 is 0. The highest BCUT2D eigenvalue weighted by molar-refractivity contribution is 5.93. The molecule has 4 atom stereocenters. The summed E-state index contributed by atoms with van der Waals surface area (Å²) in [7, 11) is 1.24. The molecule has 0 aliphatic carbocycles. The van der Waals surface area contributed by atoms with Crippen molar-refractivity contribution in [3.8, 4) is 0 Å². The molecule has 3 rings (SSSR count). The van der Waals surface area contributed by atoms with Crippen molar-refractivity contribution in [3.05, 3.63) is 83.2 Å². The van der Waals surface area contributed by atoms with Crippen molar-refractivity contribution in [1.82, 2.24) is 21.3 Å². The predicted molar refractivity (Wildman–Crippen MR) is 172 cm³/mol. The Hall–Kier alpha value is -4.54. The summed E-state index contributed by atoms with van der Waals surface area (Å²) in [5, 5.41) is 11.1. The summed E-state index contributed by atoms with van der Waals surface area (Å²) in [5.41, 5.74) is 2.22.